The van der Waals surface area contributed by atoms with Crippen LogP contribution in [-0.4, -0.2) is 48.3 Å². The highest BCUT2D eigenvalue weighted by atomic mass is 19.1. The van der Waals surface area contributed by atoms with E-state index in [1.54, 1.807) is 0 Å². The number of nitrogens with one attached hydrogen (secondary N) is 1. The molecule has 30 heavy (non-hydrogen) atoms. The molecule has 1 unspecified atom stereocenters. The van der Waals surface area contributed by atoms with Gasteiger partial charge in [0.25, 0.3) is 5.91 Å². The second-order valence-electron chi connectivity index (χ2n) is 7.65. The fourth-order valence-corrected chi connectivity index (χ4v) is 3.71. The lowest BCUT2D eigenvalue weighted by Crippen LogP contribution is -2.47. The van der Waals surface area contributed by atoms with Crippen LogP contribution in [0.2, 0.25) is 0 Å². The van der Waals surface area contributed by atoms with E-state index in [0.717, 1.165) is 54.9 Å². The number of benzene rings is 2. The van der Waals surface area contributed by atoms with Crippen LogP contribution >= 0.6 is 0 Å². The van der Waals surface area contributed by atoms with Crippen LogP contribution in [0.3, 0.4) is 0 Å². The number of rotatable bonds is 5. The number of carbonyl (C=O) groups is 1. The number of hydrogen-bond donors (Lipinski definition) is 1. The number of anilines is 2. The molecule has 0 radical (unpaired) electrons. The van der Waals surface area contributed by atoms with Gasteiger partial charge in [-0.1, -0.05) is 31.2 Å². The molecule has 7 heteroatoms. The number of piperazine rings is 1. The van der Waals surface area contributed by atoms with E-state index in [4.69, 9.17) is 0 Å². The maximum atomic E-state index is 13.2. The number of carbonyl (C=O) groups excluding carboxylic acids is 1. The van der Waals surface area contributed by atoms with Crippen LogP contribution in [0.4, 0.5) is 15.9 Å². The van der Waals surface area contributed by atoms with E-state index in [1.807, 2.05) is 50.2 Å². The summed E-state index contributed by atoms with van der Waals surface area (Å²) in [5, 5.41) is 13.5. The van der Waals surface area contributed by atoms with Crippen LogP contribution in [-0.2, 0) is 0 Å². The van der Waals surface area contributed by atoms with E-state index in [1.165, 1.54) is 12.1 Å². The maximum absolute atomic E-state index is 13.2. The monoisotopic (exact) mass is 407 g/mol. The van der Waals surface area contributed by atoms with Crippen LogP contribution in [0.5, 0.6) is 0 Å². The second-order valence-corrected chi connectivity index (χ2v) is 7.65. The molecule has 1 atom stereocenters. The lowest BCUT2D eigenvalue weighted by Gasteiger charge is -2.37. The molecular formula is C23H26FN5O. The Hall–Kier alpha value is -3.22. The Labute approximate surface area is 175 Å². The number of amides is 1. The molecule has 2 heterocycles. The van der Waals surface area contributed by atoms with Crippen molar-refractivity contribution in [3.05, 3.63) is 60.0 Å². The number of halogens is 1. The molecule has 0 saturated carbocycles. The normalized spacial score (nSPS) is 15.3. The lowest BCUT2D eigenvalue weighted by molar-refractivity contribution is 0.0935. The first-order chi connectivity index (χ1) is 14.6. The van der Waals surface area contributed by atoms with Crippen molar-refractivity contribution in [2.24, 2.45) is 0 Å². The molecule has 0 bridgehead atoms. The average molecular weight is 407 g/mol. The second kappa shape index (κ2) is 8.65. The molecular weight excluding hydrogens is 381 g/mol. The first-order valence-corrected chi connectivity index (χ1v) is 10.4. The first kappa shape index (κ1) is 20.1. The van der Waals surface area contributed by atoms with E-state index in [9.17, 15) is 9.18 Å². The van der Waals surface area contributed by atoms with Gasteiger partial charge in [-0.3, -0.25) is 4.79 Å². The first-order valence-electron chi connectivity index (χ1n) is 10.4. The molecule has 0 aliphatic carbocycles. The largest absolute Gasteiger partial charge is 0.368 e. The van der Waals surface area contributed by atoms with Crippen LogP contribution in [0.25, 0.3) is 10.8 Å². The Kier molecular flexibility index (Phi) is 5.79. The van der Waals surface area contributed by atoms with Gasteiger partial charge in [-0.05, 0) is 37.6 Å². The minimum atomic E-state index is -0.225. The van der Waals surface area contributed by atoms with Crippen molar-refractivity contribution in [2.45, 2.75) is 26.3 Å². The SMILES string of the molecule is CCC(C)NC(=O)c1nnc(N2CCN(c3ccc(F)cc3)CC2)c2ccccc12. The Morgan fingerprint density at radius 3 is 2.30 bits per heavy atom. The van der Waals surface area contributed by atoms with E-state index >= 15 is 0 Å². The van der Waals surface area contributed by atoms with Gasteiger partial charge in [-0.15, -0.1) is 10.2 Å². The molecule has 1 aliphatic heterocycles. The smallest absolute Gasteiger partial charge is 0.272 e. The Morgan fingerprint density at radius 1 is 1.00 bits per heavy atom. The molecule has 1 aromatic heterocycles. The zero-order chi connectivity index (χ0) is 21.1. The van der Waals surface area contributed by atoms with Crippen molar-refractivity contribution in [1.82, 2.24) is 15.5 Å². The van der Waals surface area contributed by atoms with Crippen molar-refractivity contribution in [3.63, 3.8) is 0 Å². The number of nitrogens with zero attached hydrogens (tertiary/aromatic N) is 4. The van der Waals surface area contributed by atoms with Gasteiger partial charge >= 0.3 is 0 Å². The quantitative estimate of drug-likeness (QED) is 0.700. The molecule has 0 spiro atoms. The molecule has 6 nitrogen and oxygen atoms in total. The summed E-state index contributed by atoms with van der Waals surface area (Å²) in [7, 11) is 0. The fourth-order valence-electron chi connectivity index (χ4n) is 3.71. The third kappa shape index (κ3) is 4.06. The van der Waals surface area contributed by atoms with Crippen molar-refractivity contribution in [1.29, 1.82) is 0 Å². The highest BCUT2D eigenvalue weighted by Crippen LogP contribution is 2.27. The predicted octanol–water partition coefficient (Wildman–Crippen LogP) is 3.62. The maximum Gasteiger partial charge on any atom is 0.272 e. The van der Waals surface area contributed by atoms with Crippen LogP contribution in [0, 0.1) is 5.82 Å². The van der Waals surface area contributed by atoms with Gasteiger partial charge in [0.15, 0.2) is 11.5 Å². The zero-order valence-corrected chi connectivity index (χ0v) is 17.3. The molecule has 1 aliphatic rings. The summed E-state index contributed by atoms with van der Waals surface area (Å²) in [6, 6.07) is 14.5. The standard InChI is InChI=1S/C23H26FN5O/c1-3-16(2)25-23(30)21-19-6-4-5-7-20(19)22(27-26-21)29-14-12-28(13-15-29)18-10-8-17(24)9-11-18/h4-11,16H,3,12-15H2,1-2H3,(H,25,30). The van der Waals surface area contributed by atoms with Gasteiger partial charge in [0.2, 0.25) is 0 Å². The molecule has 1 fully saturated rings. The summed E-state index contributed by atoms with van der Waals surface area (Å²) in [5.74, 6) is 0.377. The summed E-state index contributed by atoms with van der Waals surface area (Å²) in [6.45, 7) is 7.16. The van der Waals surface area contributed by atoms with E-state index in [2.05, 4.69) is 25.3 Å². The van der Waals surface area contributed by atoms with Gasteiger partial charge < -0.3 is 15.1 Å². The molecule has 1 amide bonds. The summed E-state index contributed by atoms with van der Waals surface area (Å²) in [5.41, 5.74) is 1.38. The van der Waals surface area contributed by atoms with Gasteiger partial charge in [0.1, 0.15) is 5.82 Å². The Balaban J connectivity index is 1.56. The number of hydrogen-bond acceptors (Lipinski definition) is 5. The minimum absolute atomic E-state index is 0.0808. The number of aromatic nitrogens is 2. The van der Waals surface area contributed by atoms with Crippen molar-refractivity contribution >= 4 is 28.2 Å². The van der Waals surface area contributed by atoms with Gasteiger partial charge in [0, 0.05) is 48.7 Å². The van der Waals surface area contributed by atoms with Crippen molar-refractivity contribution < 1.29 is 9.18 Å². The van der Waals surface area contributed by atoms with Crippen molar-refractivity contribution in [3.8, 4) is 0 Å². The third-order valence-electron chi connectivity index (χ3n) is 5.64. The average Bonchev–Trinajstić information content (AvgIpc) is 2.79. The highest BCUT2D eigenvalue weighted by molar-refractivity contribution is 6.07. The molecule has 1 saturated heterocycles. The van der Waals surface area contributed by atoms with Gasteiger partial charge in [-0.25, -0.2) is 4.39 Å². The summed E-state index contributed by atoms with van der Waals surface area (Å²) in [4.78, 5) is 17.1. The number of fused-ring (bicyclic) bond motifs is 1. The highest BCUT2D eigenvalue weighted by Gasteiger charge is 2.23. The van der Waals surface area contributed by atoms with Crippen LogP contribution in [0.15, 0.2) is 48.5 Å². The van der Waals surface area contributed by atoms with Gasteiger partial charge in [-0.2, -0.15) is 0 Å². The molecule has 156 valence electrons. The van der Waals surface area contributed by atoms with E-state index < -0.39 is 0 Å². The third-order valence-corrected chi connectivity index (χ3v) is 5.64. The Morgan fingerprint density at radius 2 is 1.63 bits per heavy atom. The van der Waals surface area contributed by atoms with Gasteiger partial charge in [0.05, 0.1) is 0 Å². The van der Waals surface area contributed by atoms with Crippen LogP contribution < -0.4 is 15.1 Å². The predicted molar refractivity (Wildman–Crippen MR) is 118 cm³/mol. The Bertz CT molecular complexity index is 1030. The van der Waals surface area contributed by atoms with Crippen LogP contribution in [0.1, 0.15) is 30.8 Å². The molecule has 1 N–H and O–H groups in total. The summed E-state index contributed by atoms with van der Waals surface area (Å²) in [6.07, 6.45) is 0.855. The minimum Gasteiger partial charge on any atom is -0.368 e. The zero-order valence-electron chi connectivity index (χ0n) is 17.3. The van der Waals surface area contributed by atoms with Crippen molar-refractivity contribution in [2.75, 3.05) is 36.0 Å². The van der Waals surface area contributed by atoms with E-state index in [-0.39, 0.29) is 17.8 Å². The molecule has 3 aromatic rings. The van der Waals surface area contributed by atoms with E-state index in [0.29, 0.717) is 5.69 Å². The summed E-state index contributed by atoms with van der Waals surface area (Å²) >= 11 is 0. The summed E-state index contributed by atoms with van der Waals surface area (Å²) < 4.78 is 13.2. The molecule has 2 aromatic carbocycles. The lowest BCUT2D eigenvalue weighted by atomic mass is 10.1. The topological polar surface area (TPSA) is 61.4 Å². The molecule has 4 rings (SSSR count). The fraction of sp³-hybridized carbons (Fsp3) is 0.348.